The third kappa shape index (κ3) is 2.11. The Kier molecular flexibility index (Phi) is 2.31. The molecule has 0 spiro atoms. The smallest absolute Gasteiger partial charge is 0.304 e. The molecule has 0 aliphatic carbocycles. The highest BCUT2D eigenvalue weighted by atomic mass is 16.4. The first kappa shape index (κ1) is 7.85. The van der Waals surface area contributed by atoms with Crippen LogP contribution in [0.3, 0.4) is 0 Å². The molecule has 0 saturated carbocycles. The molecule has 11 heavy (non-hydrogen) atoms. The summed E-state index contributed by atoms with van der Waals surface area (Å²) in [6, 6.07) is 3.54. The second-order valence-electron chi connectivity index (χ2n) is 2.51. The molecule has 1 N–H and O–H groups in total. The Morgan fingerprint density at radius 1 is 1.82 bits per heavy atom. The molecule has 0 bridgehead atoms. The lowest BCUT2D eigenvalue weighted by atomic mass is 10.1. The van der Waals surface area contributed by atoms with E-state index in [1.807, 2.05) is 6.92 Å². The summed E-state index contributed by atoms with van der Waals surface area (Å²) in [5, 5.41) is 8.44. The highest BCUT2D eigenvalue weighted by Crippen LogP contribution is 2.18. The Labute approximate surface area is 64.6 Å². The van der Waals surface area contributed by atoms with Gasteiger partial charge in [0.1, 0.15) is 5.76 Å². The first-order chi connectivity index (χ1) is 5.20. The van der Waals surface area contributed by atoms with Crippen molar-refractivity contribution in [1.82, 2.24) is 0 Å². The fourth-order valence-corrected chi connectivity index (χ4v) is 0.934. The Balaban J connectivity index is 2.56. The van der Waals surface area contributed by atoms with Crippen molar-refractivity contribution in [2.45, 2.75) is 19.3 Å². The zero-order chi connectivity index (χ0) is 8.27. The normalized spacial score (nSPS) is 12.8. The number of carbonyl (C=O) groups is 1. The van der Waals surface area contributed by atoms with E-state index in [1.54, 1.807) is 18.4 Å². The maximum absolute atomic E-state index is 10.3. The minimum Gasteiger partial charge on any atom is -0.481 e. The molecule has 0 amide bonds. The minimum atomic E-state index is -0.797. The maximum atomic E-state index is 10.3. The molecule has 3 nitrogen and oxygen atoms in total. The molecule has 1 rings (SSSR count). The van der Waals surface area contributed by atoms with Crippen LogP contribution in [0.25, 0.3) is 0 Å². The van der Waals surface area contributed by atoms with Crippen LogP contribution in [-0.2, 0) is 4.79 Å². The van der Waals surface area contributed by atoms with Crippen molar-refractivity contribution in [3.8, 4) is 0 Å². The molecule has 0 radical (unpaired) electrons. The van der Waals surface area contributed by atoms with Crippen molar-refractivity contribution in [3.05, 3.63) is 24.2 Å². The Morgan fingerprint density at radius 3 is 3.00 bits per heavy atom. The molecule has 1 unspecified atom stereocenters. The van der Waals surface area contributed by atoms with Gasteiger partial charge < -0.3 is 9.52 Å². The number of carboxylic acids is 1. The van der Waals surface area contributed by atoms with E-state index in [0.29, 0.717) is 0 Å². The summed E-state index contributed by atoms with van der Waals surface area (Å²) in [4.78, 5) is 10.3. The lowest BCUT2D eigenvalue weighted by Crippen LogP contribution is -2.01. The lowest BCUT2D eigenvalue weighted by molar-refractivity contribution is -0.137. The Hall–Kier alpha value is -1.25. The van der Waals surface area contributed by atoms with Crippen molar-refractivity contribution in [2.75, 3.05) is 0 Å². The number of hydrogen-bond acceptors (Lipinski definition) is 2. The van der Waals surface area contributed by atoms with Gasteiger partial charge in [0.15, 0.2) is 0 Å². The van der Waals surface area contributed by atoms with Gasteiger partial charge in [-0.05, 0) is 12.1 Å². The predicted octanol–water partition coefficient (Wildman–Crippen LogP) is 1.86. The summed E-state index contributed by atoms with van der Waals surface area (Å²) in [5.41, 5.74) is 0. The summed E-state index contributed by atoms with van der Waals surface area (Å²) in [7, 11) is 0. The molecule has 0 aliphatic heterocycles. The highest BCUT2D eigenvalue weighted by molar-refractivity contribution is 5.67. The van der Waals surface area contributed by atoms with E-state index in [9.17, 15) is 4.79 Å². The van der Waals surface area contributed by atoms with Crippen LogP contribution < -0.4 is 0 Å². The molecule has 1 atom stereocenters. The molecule has 1 aromatic heterocycles. The van der Waals surface area contributed by atoms with Gasteiger partial charge in [0.05, 0.1) is 12.7 Å². The summed E-state index contributed by atoms with van der Waals surface area (Å²) in [6.07, 6.45) is 1.67. The molecule has 1 heterocycles. The van der Waals surface area contributed by atoms with Gasteiger partial charge in [-0.25, -0.2) is 0 Å². The quantitative estimate of drug-likeness (QED) is 0.722. The van der Waals surface area contributed by atoms with Crippen LogP contribution in [0.2, 0.25) is 0 Å². The standard InChI is InChI=1S/C8H10O3/c1-6(5-8(9)10)7-3-2-4-11-7/h2-4,6H,5H2,1H3,(H,9,10). The molecular weight excluding hydrogens is 144 g/mol. The molecule has 0 saturated heterocycles. The Bertz CT molecular complexity index is 225. The fraction of sp³-hybridized carbons (Fsp3) is 0.375. The fourth-order valence-electron chi connectivity index (χ4n) is 0.934. The zero-order valence-electron chi connectivity index (χ0n) is 6.28. The van der Waals surface area contributed by atoms with Crippen LogP contribution in [0, 0.1) is 0 Å². The first-order valence-electron chi connectivity index (χ1n) is 3.45. The third-order valence-electron chi connectivity index (χ3n) is 1.51. The van der Waals surface area contributed by atoms with E-state index in [0.717, 1.165) is 5.76 Å². The summed E-state index contributed by atoms with van der Waals surface area (Å²) in [6.45, 7) is 1.83. The van der Waals surface area contributed by atoms with Gasteiger partial charge >= 0.3 is 5.97 Å². The average Bonchev–Trinajstić information content (AvgIpc) is 2.35. The topological polar surface area (TPSA) is 50.4 Å². The van der Waals surface area contributed by atoms with Crippen molar-refractivity contribution in [1.29, 1.82) is 0 Å². The third-order valence-corrected chi connectivity index (χ3v) is 1.51. The highest BCUT2D eigenvalue weighted by Gasteiger charge is 2.11. The summed E-state index contributed by atoms with van der Waals surface area (Å²) in [5.74, 6) is -0.108. The average molecular weight is 154 g/mol. The van der Waals surface area contributed by atoms with Crippen LogP contribution in [-0.4, -0.2) is 11.1 Å². The molecule has 0 aliphatic rings. The second-order valence-corrected chi connectivity index (χ2v) is 2.51. The zero-order valence-corrected chi connectivity index (χ0v) is 6.28. The second kappa shape index (κ2) is 3.23. The predicted molar refractivity (Wildman–Crippen MR) is 39.4 cm³/mol. The first-order valence-corrected chi connectivity index (χ1v) is 3.45. The number of hydrogen-bond donors (Lipinski definition) is 1. The summed E-state index contributed by atoms with van der Waals surface area (Å²) < 4.78 is 5.03. The van der Waals surface area contributed by atoms with Crippen molar-refractivity contribution in [3.63, 3.8) is 0 Å². The lowest BCUT2D eigenvalue weighted by Gasteiger charge is -2.02. The maximum Gasteiger partial charge on any atom is 0.304 e. The largest absolute Gasteiger partial charge is 0.481 e. The van der Waals surface area contributed by atoms with E-state index in [4.69, 9.17) is 9.52 Å². The van der Waals surface area contributed by atoms with E-state index < -0.39 is 5.97 Å². The number of furan rings is 1. The number of carboxylic acid groups (broad SMARTS) is 1. The van der Waals surface area contributed by atoms with Gasteiger partial charge in [0.25, 0.3) is 0 Å². The molecule has 3 heteroatoms. The van der Waals surface area contributed by atoms with Crippen LogP contribution >= 0.6 is 0 Å². The molecular formula is C8H10O3. The van der Waals surface area contributed by atoms with E-state index in [-0.39, 0.29) is 12.3 Å². The summed E-state index contributed by atoms with van der Waals surface area (Å²) >= 11 is 0. The van der Waals surface area contributed by atoms with Crippen molar-refractivity contribution >= 4 is 5.97 Å². The Morgan fingerprint density at radius 2 is 2.55 bits per heavy atom. The minimum absolute atomic E-state index is 0.0394. The van der Waals surface area contributed by atoms with Gasteiger partial charge in [0.2, 0.25) is 0 Å². The SMILES string of the molecule is CC(CC(=O)O)c1ccco1. The molecule has 0 aromatic carbocycles. The van der Waals surface area contributed by atoms with Crippen LogP contribution in [0.5, 0.6) is 0 Å². The number of aliphatic carboxylic acids is 1. The van der Waals surface area contributed by atoms with Crippen molar-refractivity contribution in [2.24, 2.45) is 0 Å². The van der Waals surface area contributed by atoms with Gasteiger partial charge in [-0.3, -0.25) is 4.79 Å². The van der Waals surface area contributed by atoms with Crippen molar-refractivity contribution < 1.29 is 14.3 Å². The van der Waals surface area contributed by atoms with Crippen LogP contribution in [0.1, 0.15) is 25.0 Å². The molecule has 0 fully saturated rings. The van der Waals surface area contributed by atoms with E-state index >= 15 is 0 Å². The molecule has 60 valence electrons. The van der Waals surface area contributed by atoms with Gasteiger partial charge in [-0.2, -0.15) is 0 Å². The number of rotatable bonds is 3. The van der Waals surface area contributed by atoms with Gasteiger partial charge in [-0.1, -0.05) is 6.92 Å². The van der Waals surface area contributed by atoms with E-state index in [1.165, 1.54) is 0 Å². The van der Waals surface area contributed by atoms with Gasteiger partial charge in [0, 0.05) is 5.92 Å². The molecule has 1 aromatic rings. The van der Waals surface area contributed by atoms with E-state index in [2.05, 4.69) is 0 Å². The van der Waals surface area contributed by atoms with Gasteiger partial charge in [-0.15, -0.1) is 0 Å². The van der Waals surface area contributed by atoms with Crippen LogP contribution in [0.15, 0.2) is 22.8 Å². The van der Waals surface area contributed by atoms with Crippen LogP contribution in [0.4, 0.5) is 0 Å². The monoisotopic (exact) mass is 154 g/mol.